The van der Waals surface area contributed by atoms with Gasteiger partial charge >= 0.3 is 0 Å². The van der Waals surface area contributed by atoms with Crippen LogP contribution in [0.25, 0.3) is 22.3 Å². The molecule has 118 valence electrons. The highest BCUT2D eigenvalue weighted by atomic mass is 19.1. The molecule has 0 aliphatic rings. The van der Waals surface area contributed by atoms with Crippen molar-refractivity contribution < 1.29 is 4.39 Å². The molecule has 0 atom stereocenters. The molecule has 0 amide bonds. The van der Waals surface area contributed by atoms with E-state index in [2.05, 4.69) is 4.98 Å². The predicted molar refractivity (Wildman–Crippen MR) is 92.1 cm³/mol. The van der Waals surface area contributed by atoms with Gasteiger partial charge in [0, 0.05) is 11.3 Å². The minimum Gasteiger partial charge on any atom is -0.325 e. The molecule has 0 bridgehead atoms. The number of hydrogen-bond donors (Lipinski definition) is 1. The molecule has 0 fully saturated rings. The van der Waals surface area contributed by atoms with Crippen molar-refractivity contribution in [1.29, 1.82) is 5.26 Å². The number of benzene rings is 2. The highest BCUT2D eigenvalue weighted by Gasteiger charge is 2.12. The van der Waals surface area contributed by atoms with Crippen LogP contribution in [0.5, 0.6) is 0 Å². The Kier molecular flexibility index (Phi) is 4.01. The molecule has 0 saturated carbocycles. The fourth-order valence-corrected chi connectivity index (χ4v) is 2.79. The van der Waals surface area contributed by atoms with Crippen molar-refractivity contribution in [2.45, 2.75) is 13.8 Å². The first-order valence-electron chi connectivity index (χ1n) is 7.50. The van der Waals surface area contributed by atoms with E-state index in [4.69, 9.17) is 0 Å². The zero-order valence-corrected chi connectivity index (χ0v) is 13.4. The number of nitrogens with one attached hydrogen (secondary N) is 1. The smallest absolute Gasteiger partial charge is 0.266 e. The molecule has 0 radical (unpaired) electrons. The zero-order chi connectivity index (χ0) is 17.3. The lowest BCUT2D eigenvalue weighted by Gasteiger charge is -2.10. The summed E-state index contributed by atoms with van der Waals surface area (Å²) in [5.41, 5.74) is 4.27. The van der Waals surface area contributed by atoms with Crippen LogP contribution in [0.4, 0.5) is 4.39 Å². The topological polar surface area (TPSA) is 56.6 Å². The van der Waals surface area contributed by atoms with Crippen LogP contribution >= 0.6 is 0 Å². The Morgan fingerprint density at radius 3 is 2.42 bits per heavy atom. The molecule has 3 aromatic rings. The summed E-state index contributed by atoms with van der Waals surface area (Å²) in [6.07, 6.45) is 0. The van der Waals surface area contributed by atoms with E-state index in [0.717, 1.165) is 22.3 Å². The van der Waals surface area contributed by atoms with Crippen molar-refractivity contribution in [1.82, 2.24) is 4.98 Å². The summed E-state index contributed by atoms with van der Waals surface area (Å²) in [6, 6.07) is 15.8. The maximum absolute atomic E-state index is 13.6. The van der Waals surface area contributed by atoms with Crippen molar-refractivity contribution >= 4 is 0 Å². The first-order valence-corrected chi connectivity index (χ1v) is 7.50. The second-order valence-electron chi connectivity index (χ2n) is 5.72. The van der Waals surface area contributed by atoms with Gasteiger partial charge in [0.25, 0.3) is 5.56 Å². The van der Waals surface area contributed by atoms with Gasteiger partial charge in [-0.1, -0.05) is 24.3 Å². The normalized spacial score (nSPS) is 10.4. The number of nitriles is 1. The van der Waals surface area contributed by atoms with E-state index >= 15 is 0 Å². The Morgan fingerprint density at radius 1 is 1.00 bits per heavy atom. The molecule has 0 saturated heterocycles. The van der Waals surface area contributed by atoms with Crippen LogP contribution in [0.1, 0.15) is 16.8 Å². The molecule has 1 aromatic heterocycles. The number of aromatic amines is 1. The van der Waals surface area contributed by atoms with Crippen LogP contribution in [0.3, 0.4) is 0 Å². The molecular formula is C20H15FN2O. The highest BCUT2D eigenvalue weighted by Crippen LogP contribution is 2.29. The van der Waals surface area contributed by atoms with Gasteiger partial charge < -0.3 is 4.98 Å². The molecule has 3 rings (SSSR count). The number of H-pyrrole nitrogens is 1. The standard InChI is InChI=1S/C20H15FN2O/c1-12-6-7-16(21)10-17(12)14-4-3-5-15(9-14)18-8-13(2)23-20(24)19(18)11-22/h3-10H,1-2H3,(H,23,24). The average Bonchev–Trinajstić information content (AvgIpc) is 2.56. The Balaban J connectivity index is 2.22. The van der Waals surface area contributed by atoms with E-state index in [1.807, 2.05) is 37.3 Å². The van der Waals surface area contributed by atoms with E-state index in [9.17, 15) is 14.4 Å². The summed E-state index contributed by atoms with van der Waals surface area (Å²) in [5.74, 6) is -0.300. The third-order valence-corrected chi connectivity index (χ3v) is 3.96. The van der Waals surface area contributed by atoms with Gasteiger partial charge in [0.15, 0.2) is 0 Å². The lowest BCUT2D eigenvalue weighted by Crippen LogP contribution is -2.12. The number of hydrogen-bond acceptors (Lipinski definition) is 2. The van der Waals surface area contributed by atoms with Crippen LogP contribution in [-0.4, -0.2) is 4.98 Å². The average molecular weight is 318 g/mol. The fourth-order valence-electron chi connectivity index (χ4n) is 2.79. The predicted octanol–water partition coefficient (Wildman–Crippen LogP) is 4.34. The van der Waals surface area contributed by atoms with Crippen LogP contribution in [0.15, 0.2) is 53.3 Å². The van der Waals surface area contributed by atoms with Crippen molar-refractivity contribution in [3.8, 4) is 28.3 Å². The lowest BCUT2D eigenvalue weighted by atomic mass is 9.95. The van der Waals surface area contributed by atoms with Crippen molar-refractivity contribution in [2.75, 3.05) is 0 Å². The third kappa shape index (κ3) is 2.84. The molecule has 4 heteroatoms. The first-order chi connectivity index (χ1) is 11.5. The molecule has 0 aliphatic carbocycles. The van der Waals surface area contributed by atoms with E-state index in [-0.39, 0.29) is 11.4 Å². The van der Waals surface area contributed by atoms with Crippen molar-refractivity contribution in [3.05, 3.63) is 81.5 Å². The SMILES string of the molecule is Cc1cc(-c2cccc(-c3cc(F)ccc3C)c2)c(C#N)c(=O)[nH]1. The van der Waals surface area contributed by atoms with Gasteiger partial charge in [0.2, 0.25) is 0 Å². The van der Waals surface area contributed by atoms with Crippen LogP contribution in [-0.2, 0) is 0 Å². The van der Waals surface area contributed by atoms with E-state index in [1.165, 1.54) is 12.1 Å². The maximum atomic E-state index is 13.6. The van der Waals surface area contributed by atoms with Gasteiger partial charge in [0.05, 0.1) is 0 Å². The number of aromatic nitrogens is 1. The summed E-state index contributed by atoms with van der Waals surface area (Å²) in [4.78, 5) is 14.6. The van der Waals surface area contributed by atoms with Gasteiger partial charge in [-0.3, -0.25) is 4.79 Å². The molecular weight excluding hydrogens is 303 g/mol. The van der Waals surface area contributed by atoms with Gasteiger partial charge in [0.1, 0.15) is 17.4 Å². The zero-order valence-electron chi connectivity index (χ0n) is 13.4. The van der Waals surface area contributed by atoms with Crippen molar-refractivity contribution in [2.24, 2.45) is 0 Å². The second kappa shape index (κ2) is 6.13. The summed E-state index contributed by atoms with van der Waals surface area (Å²) < 4.78 is 13.6. The molecule has 1 heterocycles. The summed E-state index contributed by atoms with van der Waals surface area (Å²) in [5, 5.41) is 9.30. The molecule has 0 spiro atoms. The first kappa shape index (κ1) is 15.7. The van der Waals surface area contributed by atoms with Crippen LogP contribution in [0, 0.1) is 31.0 Å². The number of pyridine rings is 1. The Labute approximate surface area is 139 Å². The van der Waals surface area contributed by atoms with Gasteiger partial charge in [-0.15, -0.1) is 0 Å². The maximum Gasteiger partial charge on any atom is 0.266 e. The van der Waals surface area contributed by atoms with Gasteiger partial charge in [-0.2, -0.15) is 5.26 Å². The second-order valence-corrected chi connectivity index (χ2v) is 5.72. The summed E-state index contributed by atoms with van der Waals surface area (Å²) in [7, 11) is 0. The fraction of sp³-hybridized carbons (Fsp3) is 0.100. The molecule has 2 aromatic carbocycles. The largest absolute Gasteiger partial charge is 0.325 e. The molecule has 0 unspecified atom stereocenters. The number of nitrogens with zero attached hydrogens (tertiary/aromatic N) is 1. The number of rotatable bonds is 2. The quantitative estimate of drug-likeness (QED) is 0.764. The molecule has 3 nitrogen and oxygen atoms in total. The molecule has 1 N–H and O–H groups in total. The number of halogens is 1. The Bertz CT molecular complexity index is 1030. The Morgan fingerprint density at radius 2 is 1.71 bits per heavy atom. The van der Waals surface area contributed by atoms with E-state index < -0.39 is 5.56 Å². The minimum absolute atomic E-state index is 0.0775. The van der Waals surface area contributed by atoms with E-state index in [0.29, 0.717) is 11.3 Å². The van der Waals surface area contributed by atoms with Gasteiger partial charge in [-0.05, 0) is 60.4 Å². The van der Waals surface area contributed by atoms with Crippen molar-refractivity contribution in [3.63, 3.8) is 0 Å². The monoisotopic (exact) mass is 318 g/mol. The molecule has 0 aliphatic heterocycles. The summed E-state index contributed by atoms with van der Waals surface area (Å²) >= 11 is 0. The third-order valence-electron chi connectivity index (χ3n) is 3.96. The summed E-state index contributed by atoms with van der Waals surface area (Å²) in [6.45, 7) is 3.69. The molecule has 24 heavy (non-hydrogen) atoms. The lowest BCUT2D eigenvalue weighted by molar-refractivity contribution is 0.628. The van der Waals surface area contributed by atoms with Crippen LogP contribution in [0.2, 0.25) is 0 Å². The Hall–Kier alpha value is -3.19. The minimum atomic E-state index is -0.403. The highest BCUT2D eigenvalue weighted by molar-refractivity contribution is 5.77. The van der Waals surface area contributed by atoms with Gasteiger partial charge in [-0.25, -0.2) is 4.39 Å². The van der Waals surface area contributed by atoms with Crippen LogP contribution < -0.4 is 5.56 Å². The van der Waals surface area contributed by atoms with E-state index in [1.54, 1.807) is 19.1 Å². The number of aryl methyl sites for hydroxylation is 2.